The van der Waals surface area contributed by atoms with Crippen LogP contribution in [0.4, 0.5) is 0 Å². The van der Waals surface area contributed by atoms with Crippen LogP contribution in [0.1, 0.15) is 19.8 Å². The SMILES string of the molecule is C#CCCCN1CC(C(C)C(=O)O)C1. The topological polar surface area (TPSA) is 40.5 Å². The molecule has 1 saturated heterocycles. The van der Waals surface area contributed by atoms with Crippen molar-refractivity contribution in [1.29, 1.82) is 0 Å². The van der Waals surface area contributed by atoms with E-state index >= 15 is 0 Å². The Labute approximate surface area is 85.1 Å². The summed E-state index contributed by atoms with van der Waals surface area (Å²) in [5.41, 5.74) is 0. The lowest BCUT2D eigenvalue weighted by molar-refractivity contribution is -0.145. The minimum atomic E-state index is -0.682. The Kier molecular flexibility index (Phi) is 3.97. The van der Waals surface area contributed by atoms with Crippen LogP contribution in [-0.2, 0) is 4.79 Å². The van der Waals surface area contributed by atoms with Gasteiger partial charge in [-0.25, -0.2) is 0 Å². The van der Waals surface area contributed by atoms with Gasteiger partial charge in [0, 0.05) is 19.5 Å². The number of unbranched alkanes of at least 4 members (excludes halogenated alkanes) is 1. The van der Waals surface area contributed by atoms with Gasteiger partial charge in [-0.1, -0.05) is 6.92 Å². The summed E-state index contributed by atoms with van der Waals surface area (Å²) in [4.78, 5) is 12.9. The zero-order valence-electron chi connectivity index (χ0n) is 8.57. The highest BCUT2D eigenvalue weighted by Gasteiger charge is 2.33. The zero-order valence-corrected chi connectivity index (χ0v) is 8.57. The fourth-order valence-corrected chi connectivity index (χ4v) is 1.71. The van der Waals surface area contributed by atoms with E-state index in [0.29, 0.717) is 5.92 Å². The molecule has 0 bridgehead atoms. The highest BCUT2D eigenvalue weighted by molar-refractivity contribution is 5.70. The second-order valence-electron chi connectivity index (χ2n) is 3.95. The second kappa shape index (κ2) is 5.02. The normalized spacial score (nSPS) is 19.7. The van der Waals surface area contributed by atoms with E-state index in [1.54, 1.807) is 6.92 Å². The molecule has 14 heavy (non-hydrogen) atoms. The van der Waals surface area contributed by atoms with Crippen molar-refractivity contribution in [3.8, 4) is 12.3 Å². The monoisotopic (exact) mass is 195 g/mol. The van der Waals surface area contributed by atoms with Gasteiger partial charge in [0.15, 0.2) is 0 Å². The van der Waals surface area contributed by atoms with E-state index in [1.807, 2.05) is 0 Å². The molecule has 0 amide bonds. The minimum Gasteiger partial charge on any atom is -0.481 e. The third-order valence-corrected chi connectivity index (χ3v) is 2.88. The smallest absolute Gasteiger partial charge is 0.306 e. The summed E-state index contributed by atoms with van der Waals surface area (Å²) in [7, 11) is 0. The Bertz CT molecular complexity index is 238. The van der Waals surface area contributed by atoms with Crippen molar-refractivity contribution in [2.24, 2.45) is 11.8 Å². The van der Waals surface area contributed by atoms with E-state index in [4.69, 9.17) is 11.5 Å². The third-order valence-electron chi connectivity index (χ3n) is 2.88. The van der Waals surface area contributed by atoms with Gasteiger partial charge in [-0.3, -0.25) is 4.79 Å². The molecule has 1 aliphatic heterocycles. The van der Waals surface area contributed by atoms with Crippen molar-refractivity contribution in [3.05, 3.63) is 0 Å². The first-order valence-electron chi connectivity index (χ1n) is 5.03. The Morgan fingerprint density at radius 2 is 2.36 bits per heavy atom. The van der Waals surface area contributed by atoms with Gasteiger partial charge < -0.3 is 10.0 Å². The van der Waals surface area contributed by atoms with Crippen LogP contribution in [0.15, 0.2) is 0 Å². The number of nitrogens with zero attached hydrogens (tertiary/aromatic N) is 1. The standard InChI is InChI=1S/C11H17NO2/c1-3-4-5-6-12-7-10(8-12)9(2)11(13)14/h1,9-10H,4-8H2,2H3,(H,13,14). The number of likely N-dealkylation sites (tertiary alicyclic amines) is 1. The molecule has 0 aliphatic carbocycles. The Morgan fingerprint density at radius 1 is 1.71 bits per heavy atom. The van der Waals surface area contributed by atoms with Crippen LogP contribution in [0.25, 0.3) is 0 Å². The first-order chi connectivity index (χ1) is 6.65. The number of hydrogen-bond acceptors (Lipinski definition) is 2. The van der Waals surface area contributed by atoms with E-state index in [9.17, 15) is 4.79 Å². The van der Waals surface area contributed by atoms with Crippen LogP contribution in [0.3, 0.4) is 0 Å². The number of carboxylic acid groups (broad SMARTS) is 1. The van der Waals surface area contributed by atoms with Gasteiger partial charge in [0.25, 0.3) is 0 Å². The Hall–Kier alpha value is -1.01. The molecule has 0 saturated carbocycles. The lowest BCUT2D eigenvalue weighted by Crippen LogP contribution is -2.51. The van der Waals surface area contributed by atoms with E-state index in [-0.39, 0.29) is 5.92 Å². The van der Waals surface area contributed by atoms with E-state index in [0.717, 1.165) is 32.5 Å². The molecule has 1 aliphatic rings. The maximum absolute atomic E-state index is 10.7. The summed E-state index contributed by atoms with van der Waals surface area (Å²) < 4.78 is 0. The number of rotatable bonds is 5. The largest absolute Gasteiger partial charge is 0.481 e. The Balaban J connectivity index is 2.11. The average Bonchev–Trinajstić information content (AvgIpc) is 2.08. The fraction of sp³-hybridized carbons (Fsp3) is 0.727. The lowest BCUT2D eigenvalue weighted by atomic mass is 9.87. The summed E-state index contributed by atoms with van der Waals surface area (Å²) in [5.74, 6) is 2.04. The molecule has 78 valence electrons. The molecule has 0 aromatic rings. The lowest BCUT2D eigenvalue weighted by Gasteiger charge is -2.41. The zero-order chi connectivity index (χ0) is 10.6. The van der Waals surface area contributed by atoms with Crippen LogP contribution < -0.4 is 0 Å². The summed E-state index contributed by atoms with van der Waals surface area (Å²) in [6.45, 7) is 4.62. The fourth-order valence-electron chi connectivity index (χ4n) is 1.71. The maximum atomic E-state index is 10.7. The molecular weight excluding hydrogens is 178 g/mol. The number of aliphatic carboxylic acids is 1. The molecule has 0 radical (unpaired) electrons. The van der Waals surface area contributed by atoms with Gasteiger partial charge in [0.05, 0.1) is 5.92 Å². The van der Waals surface area contributed by atoms with Gasteiger partial charge in [-0.05, 0) is 18.9 Å². The highest BCUT2D eigenvalue weighted by Crippen LogP contribution is 2.23. The van der Waals surface area contributed by atoms with E-state index in [2.05, 4.69) is 10.8 Å². The van der Waals surface area contributed by atoms with Gasteiger partial charge in [-0.15, -0.1) is 12.3 Å². The van der Waals surface area contributed by atoms with Crippen LogP contribution in [0, 0.1) is 24.2 Å². The van der Waals surface area contributed by atoms with Gasteiger partial charge in [-0.2, -0.15) is 0 Å². The molecule has 1 atom stereocenters. The van der Waals surface area contributed by atoms with Crippen molar-refractivity contribution < 1.29 is 9.90 Å². The molecule has 0 spiro atoms. The maximum Gasteiger partial charge on any atom is 0.306 e. The summed E-state index contributed by atoms with van der Waals surface area (Å²) >= 11 is 0. The molecule has 1 unspecified atom stereocenters. The molecule has 1 rings (SSSR count). The second-order valence-corrected chi connectivity index (χ2v) is 3.95. The number of hydrogen-bond donors (Lipinski definition) is 1. The van der Waals surface area contributed by atoms with E-state index < -0.39 is 5.97 Å². The summed E-state index contributed by atoms with van der Waals surface area (Å²) in [6, 6.07) is 0. The highest BCUT2D eigenvalue weighted by atomic mass is 16.4. The quantitative estimate of drug-likeness (QED) is 0.526. The van der Waals surface area contributed by atoms with Crippen LogP contribution in [0.5, 0.6) is 0 Å². The first kappa shape index (κ1) is 11.1. The third kappa shape index (κ3) is 2.74. The van der Waals surface area contributed by atoms with Gasteiger partial charge in [0.2, 0.25) is 0 Å². The molecule has 1 heterocycles. The van der Waals surface area contributed by atoms with Crippen molar-refractivity contribution >= 4 is 5.97 Å². The molecule has 3 nitrogen and oxygen atoms in total. The molecular formula is C11H17NO2. The predicted molar refractivity (Wildman–Crippen MR) is 54.8 cm³/mol. The molecule has 0 aromatic carbocycles. The minimum absolute atomic E-state index is 0.209. The Morgan fingerprint density at radius 3 is 2.86 bits per heavy atom. The van der Waals surface area contributed by atoms with Crippen LogP contribution >= 0.6 is 0 Å². The molecule has 1 fully saturated rings. The number of carbonyl (C=O) groups is 1. The van der Waals surface area contributed by atoms with Crippen molar-refractivity contribution in [2.75, 3.05) is 19.6 Å². The molecule has 3 heteroatoms. The molecule has 1 N–H and O–H groups in total. The molecule has 0 aromatic heterocycles. The van der Waals surface area contributed by atoms with Gasteiger partial charge >= 0.3 is 5.97 Å². The number of terminal acetylenes is 1. The summed E-state index contributed by atoms with van der Waals surface area (Å²) in [5, 5.41) is 8.77. The van der Waals surface area contributed by atoms with Crippen LogP contribution in [0.2, 0.25) is 0 Å². The average molecular weight is 195 g/mol. The first-order valence-corrected chi connectivity index (χ1v) is 5.03. The van der Waals surface area contributed by atoms with Crippen molar-refractivity contribution in [1.82, 2.24) is 4.90 Å². The predicted octanol–water partition coefficient (Wildman–Crippen LogP) is 1.05. The number of carboxylic acids is 1. The van der Waals surface area contributed by atoms with Crippen LogP contribution in [-0.4, -0.2) is 35.6 Å². The van der Waals surface area contributed by atoms with Crippen molar-refractivity contribution in [3.63, 3.8) is 0 Å². The summed E-state index contributed by atoms with van der Waals surface area (Å²) in [6.07, 6.45) is 6.98. The van der Waals surface area contributed by atoms with E-state index in [1.165, 1.54) is 0 Å². The van der Waals surface area contributed by atoms with Crippen molar-refractivity contribution in [2.45, 2.75) is 19.8 Å². The van der Waals surface area contributed by atoms with Gasteiger partial charge in [0.1, 0.15) is 0 Å².